The Morgan fingerprint density at radius 2 is 1.73 bits per heavy atom. The fourth-order valence-corrected chi connectivity index (χ4v) is 3.92. The van der Waals surface area contributed by atoms with E-state index in [-0.39, 0.29) is 0 Å². The molecule has 0 aromatic heterocycles. The molecule has 4 rings (SSSR count). The summed E-state index contributed by atoms with van der Waals surface area (Å²) in [6.45, 7) is 4.98. The molecule has 1 saturated heterocycles. The van der Waals surface area contributed by atoms with Crippen molar-refractivity contribution in [1.82, 2.24) is 4.90 Å². The van der Waals surface area contributed by atoms with Crippen molar-refractivity contribution < 1.29 is 4.74 Å². The summed E-state index contributed by atoms with van der Waals surface area (Å²) >= 11 is 6.14. The van der Waals surface area contributed by atoms with E-state index in [1.165, 1.54) is 22.0 Å². The first kappa shape index (κ1) is 17.2. The molecule has 4 heteroatoms. The van der Waals surface area contributed by atoms with Crippen LogP contribution < -0.4 is 9.64 Å². The van der Waals surface area contributed by atoms with E-state index in [0.717, 1.165) is 43.5 Å². The third kappa shape index (κ3) is 3.50. The fraction of sp³-hybridized carbons (Fsp3) is 0.273. The maximum Gasteiger partial charge on any atom is 0.123 e. The Morgan fingerprint density at radius 3 is 2.50 bits per heavy atom. The number of rotatable bonds is 4. The topological polar surface area (TPSA) is 15.7 Å². The number of methoxy groups -OCH3 is 1. The van der Waals surface area contributed by atoms with E-state index in [1.54, 1.807) is 7.11 Å². The van der Waals surface area contributed by atoms with E-state index >= 15 is 0 Å². The molecule has 0 saturated carbocycles. The van der Waals surface area contributed by atoms with E-state index in [4.69, 9.17) is 16.3 Å². The van der Waals surface area contributed by atoms with Gasteiger partial charge in [0.15, 0.2) is 0 Å². The molecule has 3 aromatic rings. The number of nitrogens with zero attached hydrogens (tertiary/aromatic N) is 2. The van der Waals surface area contributed by atoms with Gasteiger partial charge in [0.2, 0.25) is 0 Å². The van der Waals surface area contributed by atoms with Crippen molar-refractivity contribution in [1.29, 1.82) is 0 Å². The van der Waals surface area contributed by atoms with Crippen LogP contribution in [0.15, 0.2) is 60.7 Å². The van der Waals surface area contributed by atoms with Crippen LogP contribution in [0.25, 0.3) is 10.8 Å². The number of benzene rings is 3. The highest BCUT2D eigenvalue weighted by Crippen LogP contribution is 2.30. The lowest BCUT2D eigenvalue weighted by atomic mass is 10.0. The van der Waals surface area contributed by atoms with Gasteiger partial charge in [0.25, 0.3) is 0 Å². The molecule has 1 heterocycles. The minimum atomic E-state index is 0.797. The second kappa shape index (κ2) is 7.56. The zero-order valence-electron chi connectivity index (χ0n) is 15.0. The van der Waals surface area contributed by atoms with E-state index in [0.29, 0.717) is 0 Å². The molecule has 134 valence electrons. The Balaban J connectivity index is 1.50. The van der Waals surface area contributed by atoms with Crippen molar-refractivity contribution >= 4 is 28.1 Å². The summed E-state index contributed by atoms with van der Waals surface area (Å²) in [6.07, 6.45) is 0. The van der Waals surface area contributed by atoms with Gasteiger partial charge in [-0.25, -0.2) is 0 Å². The molecule has 0 amide bonds. The summed E-state index contributed by atoms with van der Waals surface area (Å²) in [4.78, 5) is 4.91. The van der Waals surface area contributed by atoms with Gasteiger partial charge in [-0.15, -0.1) is 0 Å². The van der Waals surface area contributed by atoms with Crippen LogP contribution in [-0.2, 0) is 6.54 Å². The van der Waals surface area contributed by atoms with Gasteiger partial charge < -0.3 is 9.64 Å². The quantitative estimate of drug-likeness (QED) is 0.658. The SMILES string of the molecule is COc1ccc2ccccc2c1CN1CCN(c2cccc(Cl)c2)CC1. The highest BCUT2D eigenvalue weighted by Gasteiger charge is 2.19. The lowest BCUT2D eigenvalue weighted by Gasteiger charge is -2.36. The van der Waals surface area contributed by atoms with Crippen molar-refractivity contribution in [2.45, 2.75) is 6.54 Å². The average molecular weight is 367 g/mol. The third-order valence-corrected chi connectivity index (χ3v) is 5.38. The highest BCUT2D eigenvalue weighted by atomic mass is 35.5. The average Bonchev–Trinajstić information content (AvgIpc) is 2.69. The maximum atomic E-state index is 6.14. The lowest BCUT2D eigenvalue weighted by molar-refractivity contribution is 0.247. The highest BCUT2D eigenvalue weighted by molar-refractivity contribution is 6.30. The number of piperazine rings is 1. The summed E-state index contributed by atoms with van der Waals surface area (Å²) < 4.78 is 5.65. The first-order chi connectivity index (χ1) is 12.7. The summed E-state index contributed by atoms with van der Waals surface area (Å²) in [5.41, 5.74) is 2.49. The Kier molecular flexibility index (Phi) is 5.00. The fourth-order valence-electron chi connectivity index (χ4n) is 3.73. The molecule has 26 heavy (non-hydrogen) atoms. The molecule has 0 aliphatic carbocycles. The molecule has 3 aromatic carbocycles. The molecule has 0 spiro atoms. The van der Waals surface area contributed by atoms with E-state index in [2.05, 4.69) is 52.3 Å². The standard InChI is InChI=1S/C22H23ClN2O/c1-26-22-10-9-17-5-2-3-8-20(17)21(22)16-24-11-13-25(14-12-24)19-7-4-6-18(23)15-19/h2-10,15H,11-14,16H2,1H3. The minimum absolute atomic E-state index is 0.797. The minimum Gasteiger partial charge on any atom is -0.496 e. The number of hydrogen-bond acceptors (Lipinski definition) is 3. The normalized spacial score (nSPS) is 15.4. The van der Waals surface area contributed by atoms with E-state index < -0.39 is 0 Å². The number of halogens is 1. The van der Waals surface area contributed by atoms with Gasteiger partial charge in [-0.2, -0.15) is 0 Å². The van der Waals surface area contributed by atoms with Gasteiger partial charge in [0.05, 0.1) is 7.11 Å². The van der Waals surface area contributed by atoms with Gasteiger partial charge in [-0.1, -0.05) is 48.0 Å². The first-order valence-corrected chi connectivity index (χ1v) is 9.40. The van der Waals surface area contributed by atoms with Crippen molar-refractivity contribution in [2.24, 2.45) is 0 Å². The van der Waals surface area contributed by atoms with Crippen molar-refractivity contribution in [3.63, 3.8) is 0 Å². The Bertz CT molecular complexity index is 904. The summed E-state index contributed by atoms with van der Waals surface area (Å²) in [7, 11) is 1.75. The van der Waals surface area contributed by atoms with Crippen molar-refractivity contribution in [2.75, 3.05) is 38.2 Å². The van der Waals surface area contributed by atoms with Crippen molar-refractivity contribution in [3.8, 4) is 5.75 Å². The molecule has 0 bridgehead atoms. The van der Waals surface area contributed by atoms with Crippen LogP contribution >= 0.6 is 11.6 Å². The molecule has 1 aliphatic heterocycles. The zero-order valence-corrected chi connectivity index (χ0v) is 15.7. The van der Waals surface area contributed by atoms with Crippen LogP contribution in [0.4, 0.5) is 5.69 Å². The molecule has 0 atom stereocenters. The number of fused-ring (bicyclic) bond motifs is 1. The molecular formula is C22H23ClN2O. The molecule has 0 radical (unpaired) electrons. The van der Waals surface area contributed by atoms with Gasteiger partial charge >= 0.3 is 0 Å². The smallest absolute Gasteiger partial charge is 0.123 e. The zero-order chi connectivity index (χ0) is 17.9. The molecule has 1 aliphatic rings. The second-order valence-corrected chi connectivity index (χ2v) is 7.15. The second-order valence-electron chi connectivity index (χ2n) is 6.71. The van der Waals surface area contributed by atoms with Crippen LogP contribution in [0, 0.1) is 0 Å². The first-order valence-electron chi connectivity index (χ1n) is 9.02. The molecule has 0 unspecified atom stereocenters. The predicted molar refractivity (Wildman–Crippen MR) is 109 cm³/mol. The molecule has 0 N–H and O–H groups in total. The monoisotopic (exact) mass is 366 g/mol. The Hall–Kier alpha value is -2.23. The molecule has 1 fully saturated rings. The largest absolute Gasteiger partial charge is 0.496 e. The van der Waals surface area contributed by atoms with Crippen LogP contribution in [0.2, 0.25) is 5.02 Å². The Morgan fingerprint density at radius 1 is 0.923 bits per heavy atom. The summed E-state index contributed by atoms with van der Waals surface area (Å²) in [5, 5.41) is 3.34. The lowest BCUT2D eigenvalue weighted by Crippen LogP contribution is -2.46. The van der Waals surface area contributed by atoms with Gasteiger partial charge in [-0.3, -0.25) is 4.90 Å². The van der Waals surface area contributed by atoms with Crippen LogP contribution in [0.1, 0.15) is 5.56 Å². The van der Waals surface area contributed by atoms with Crippen molar-refractivity contribution in [3.05, 3.63) is 71.2 Å². The van der Waals surface area contributed by atoms with Gasteiger partial charge in [0, 0.05) is 49.0 Å². The number of hydrogen-bond donors (Lipinski definition) is 0. The Labute approximate surface area is 159 Å². The van der Waals surface area contributed by atoms with E-state index in [1.807, 2.05) is 18.2 Å². The predicted octanol–water partition coefficient (Wildman–Crippen LogP) is 4.82. The number of anilines is 1. The van der Waals surface area contributed by atoms with Crippen LogP contribution in [-0.4, -0.2) is 38.2 Å². The molecule has 3 nitrogen and oxygen atoms in total. The van der Waals surface area contributed by atoms with Crippen LogP contribution in [0.5, 0.6) is 5.75 Å². The third-order valence-electron chi connectivity index (χ3n) is 5.14. The summed E-state index contributed by atoms with van der Waals surface area (Å²) in [5.74, 6) is 0.973. The van der Waals surface area contributed by atoms with Crippen LogP contribution in [0.3, 0.4) is 0 Å². The molecular weight excluding hydrogens is 344 g/mol. The number of ether oxygens (including phenoxy) is 1. The van der Waals surface area contributed by atoms with Gasteiger partial charge in [0.1, 0.15) is 5.75 Å². The van der Waals surface area contributed by atoms with Gasteiger partial charge in [-0.05, 0) is 35.0 Å². The summed E-state index contributed by atoms with van der Waals surface area (Å²) in [6, 6.07) is 20.9. The van der Waals surface area contributed by atoms with E-state index in [9.17, 15) is 0 Å². The maximum absolute atomic E-state index is 6.14.